The molecule has 0 radical (unpaired) electrons. The Bertz CT molecular complexity index is 867. The second kappa shape index (κ2) is 7.81. The van der Waals surface area contributed by atoms with Gasteiger partial charge in [-0.1, -0.05) is 36.4 Å². The fourth-order valence-electron chi connectivity index (χ4n) is 4.06. The van der Waals surface area contributed by atoms with Gasteiger partial charge in [-0.3, -0.25) is 4.90 Å². The van der Waals surface area contributed by atoms with Crippen LogP contribution in [-0.4, -0.2) is 30.6 Å². The lowest BCUT2D eigenvalue weighted by Crippen LogP contribution is -2.49. The summed E-state index contributed by atoms with van der Waals surface area (Å²) in [5.41, 5.74) is 3.63. The Morgan fingerprint density at radius 1 is 1.07 bits per heavy atom. The van der Waals surface area contributed by atoms with Crippen molar-refractivity contribution in [1.82, 2.24) is 10.2 Å². The molecule has 5 nitrogen and oxygen atoms in total. The topological polar surface area (TPSA) is 59.4 Å². The summed E-state index contributed by atoms with van der Waals surface area (Å²) < 4.78 is 0. The number of amides is 2. The molecule has 1 N–H and O–H groups in total. The van der Waals surface area contributed by atoms with E-state index in [2.05, 4.69) is 17.5 Å². The molecule has 0 atom stereocenters. The Kier molecular flexibility index (Phi) is 5.08. The molecular formula is C22H24N4O. The number of piperidine rings is 1. The first-order chi connectivity index (χ1) is 13.3. The molecule has 2 aliphatic heterocycles. The number of nitrogens with one attached hydrogen (secondary N) is 1. The van der Waals surface area contributed by atoms with Gasteiger partial charge in [0.1, 0.15) is 0 Å². The highest BCUT2D eigenvalue weighted by atomic mass is 16.2. The summed E-state index contributed by atoms with van der Waals surface area (Å²) in [5, 5.41) is 12.8. The molecule has 1 fully saturated rings. The van der Waals surface area contributed by atoms with Crippen LogP contribution in [0, 0.1) is 17.2 Å². The third-order valence-electron chi connectivity index (χ3n) is 5.55. The third-order valence-corrected chi connectivity index (χ3v) is 5.55. The number of hydrogen-bond acceptors (Lipinski definition) is 3. The first-order valence-corrected chi connectivity index (χ1v) is 9.59. The van der Waals surface area contributed by atoms with E-state index >= 15 is 0 Å². The summed E-state index contributed by atoms with van der Waals surface area (Å²) in [7, 11) is 0. The van der Waals surface area contributed by atoms with Gasteiger partial charge in [0.05, 0.1) is 23.9 Å². The van der Waals surface area contributed by atoms with Crippen LogP contribution in [-0.2, 0) is 13.1 Å². The van der Waals surface area contributed by atoms with Crippen LogP contribution in [0.15, 0.2) is 48.5 Å². The van der Waals surface area contributed by atoms with E-state index in [0.29, 0.717) is 24.6 Å². The van der Waals surface area contributed by atoms with Crippen LogP contribution in [0.2, 0.25) is 0 Å². The molecule has 0 unspecified atom stereocenters. The number of nitrogens with zero attached hydrogens (tertiary/aromatic N) is 3. The zero-order valence-corrected chi connectivity index (χ0v) is 15.4. The number of rotatable bonds is 4. The largest absolute Gasteiger partial charge is 0.325 e. The summed E-state index contributed by atoms with van der Waals surface area (Å²) in [4.78, 5) is 17.1. The zero-order valence-electron chi connectivity index (χ0n) is 15.4. The fraction of sp³-hybridized carbons (Fsp3) is 0.364. The third kappa shape index (κ3) is 3.67. The summed E-state index contributed by atoms with van der Waals surface area (Å²) in [6.45, 7) is 3.94. The smallest absolute Gasteiger partial charge is 0.320 e. The number of carbonyl (C=O) groups excluding carboxylic acids is 1. The van der Waals surface area contributed by atoms with E-state index in [4.69, 9.17) is 0 Å². The maximum absolute atomic E-state index is 13.3. The minimum Gasteiger partial charge on any atom is -0.320 e. The molecule has 5 heteroatoms. The molecule has 2 aromatic rings. The van der Waals surface area contributed by atoms with Gasteiger partial charge in [0, 0.05) is 13.1 Å². The summed E-state index contributed by atoms with van der Waals surface area (Å²) in [5.74, 6) is 0.550. The second-order valence-electron chi connectivity index (χ2n) is 7.34. The van der Waals surface area contributed by atoms with Gasteiger partial charge < -0.3 is 10.2 Å². The molecule has 0 aliphatic carbocycles. The molecule has 0 saturated carbocycles. The Balaban J connectivity index is 1.62. The van der Waals surface area contributed by atoms with Crippen molar-refractivity contribution in [2.45, 2.75) is 25.9 Å². The van der Waals surface area contributed by atoms with Crippen LogP contribution in [0.1, 0.15) is 29.5 Å². The lowest BCUT2D eigenvalue weighted by atomic mass is 9.96. The Morgan fingerprint density at radius 3 is 2.63 bits per heavy atom. The monoisotopic (exact) mass is 360 g/mol. The van der Waals surface area contributed by atoms with Crippen LogP contribution in [0.25, 0.3) is 0 Å². The van der Waals surface area contributed by atoms with E-state index in [1.807, 2.05) is 52.3 Å². The van der Waals surface area contributed by atoms with Crippen molar-refractivity contribution in [3.63, 3.8) is 0 Å². The highest BCUT2D eigenvalue weighted by Crippen LogP contribution is 2.31. The van der Waals surface area contributed by atoms with Crippen LogP contribution >= 0.6 is 0 Å². The number of carbonyl (C=O) groups is 1. The molecule has 2 heterocycles. The number of benzene rings is 2. The highest BCUT2D eigenvalue weighted by Gasteiger charge is 2.32. The van der Waals surface area contributed by atoms with Crippen LogP contribution in [0.4, 0.5) is 10.5 Å². The van der Waals surface area contributed by atoms with Crippen molar-refractivity contribution in [2.24, 2.45) is 5.92 Å². The second-order valence-corrected chi connectivity index (χ2v) is 7.34. The molecular weight excluding hydrogens is 336 g/mol. The lowest BCUT2D eigenvalue weighted by Gasteiger charge is -2.39. The van der Waals surface area contributed by atoms with E-state index in [1.54, 1.807) is 0 Å². The molecule has 138 valence electrons. The lowest BCUT2D eigenvalue weighted by molar-refractivity contribution is 0.178. The number of anilines is 1. The molecule has 2 aliphatic rings. The fourth-order valence-corrected chi connectivity index (χ4v) is 4.06. The molecule has 0 spiro atoms. The van der Waals surface area contributed by atoms with Crippen molar-refractivity contribution in [3.05, 3.63) is 65.2 Å². The standard InChI is InChI=1S/C22H24N4O/c23-13-18-5-1-2-6-19(18)16-26-21-8-4-3-7-20(21)15-25(22(26)27)14-17-9-11-24-12-10-17/h1-8,17,24H,9-12,14-16H2. The Morgan fingerprint density at radius 2 is 1.81 bits per heavy atom. The molecule has 0 bridgehead atoms. The molecule has 27 heavy (non-hydrogen) atoms. The first-order valence-electron chi connectivity index (χ1n) is 9.59. The Hall–Kier alpha value is -2.84. The number of hydrogen-bond donors (Lipinski definition) is 1. The van der Waals surface area contributed by atoms with Crippen LogP contribution < -0.4 is 10.2 Å². The summed E-state index contributed by atoms with van der Waals surface area (Å²) in [6, 6.07) is 17.9. The normalized spacial score (nSPS) is 17.5. The Labute approximate surface area is 160 Å². The average molecular weight is 360 g/mol. The first kappa shape index (κ1) is 17.6. The van der Waals surface area contributed by atoms with Gasteiger partial charge in [0.25, 0.3) is 0 Å². The predicted molar refractivity (Wildman–Crippen MR) is 105 cm³/mol. The van der Waals surface area contributed by atoms with Gasteiger partial charge in [0.2, 0.25) is 0 Å². The number of nitriles is 1. The van der Waals surface area contributed by atoms with E-state index in [1.165, 1.54) is 5.56 Å². The van der Waals surface area contributed by atoms with Gasteiger partial charge in [-0.2, -0.15) is 5.26 Å². The summed E-state index contributed by atoms with van der Waals surface area (Å²) in [6.07, 6.45) is 2.23. The van der Waals surface area contributed by atoms with E-state index < -0.39 is 0 Å². The van der Waals surface area contributed by atoms with Crippen molar-refractivity contribution in [3.8, 4) is 6.07 Å². The minimum absolute atomic E-state index is 0.0416. The minimum atomic E-state index is 0.0416. The maximum Gasteiger partial charge on any atom is 0.325 e. The molecule has 0 aromatic heterocycles. The summed E-state index contributed by atoms with van der Waals surface area (Å²) >= 11 is 0. The maximum atomic E-state index is 13.3. The average Bonchev–Trinajstić information content (AvgIpc) is 2.72. The number of para-hydroxylation sites is 1. The number of urea groups is 1. The van der Waals surface area contributed by atoms with Crippen molar-refractivity contribution >= 4 is 11.7 Å². The quantitative estimate of drug-likeness (QED) is 0.908. The van der Waals surface area contributed by atoms with Crippen LogP contribution in [0.5, 0.6) is 0 Å². The molecule has 4 rings (SSSR count). The van der Waals surface area contributed by atoms with Crippen molar-refractivity contribution in [1.29, 1.82) is 5.26 Å². The van der Waals surface area contributed by atoms with Gasteiger partial charge >= 0.3 is 6.03 Å². The van der Waals surface area contributed by atoms with Crippen LogP contribution in [0.3, 0.4) is 0 Å². The van der Waals surface area contributed by atoms with Gasteiger partial charge in [-0.25, -0.2) is 4.79 Å². The van der Waals surface area contributed by atoms with Gasteiger partial charge in [-0.15, -0.1) is 0 Å². The van der Waals surface area contributed by atoms with Crippen molar-refractivity contribution in [2.75, 3.05) is 24.5 Å². The van der Waals surface area contributed by atoms with Crippen molar-refractivity contribution < 1.29 is 4.79 Å². The molecule has 2 amide bonds. The number of fused-ring (bicyclic) bond motifs is 1. The van der Waals surface area contributed by atoms with E-state index in [9.17, 15) is 10.1 Å². The SMILES string of the molecule is N#Cc1ccccc1CN1C(=O)N(CC2CCNCC2)Cc2ccccc21. The zero-order chi connectivity index (χ0) is 18.6. The molecule has 1 saturated heterocycles. The van der Waals surface area contributed by atoms with Gasteiger partial charge in [0.15, 0.2) is 0 Å². The highest BCUT2D eigenvalue weighted by molar-refractivity contribution is 5.94. The molecule has 2 aromatic carbocycles. The predicted octanol–water partition coefficient (Wildman–Crippen LogP) is 3.50. The van der Waals surface area contributed by atoms with E-state index in [0.717, 1.165) is 43.7 Å². The van der Waals surface area contributed by atoms with E-state index in [-0.39, 0.29) is 6.03 Å². The van der Waals surface area contributed by atoms with Gasteiger partial charge in [-0.05, 0) is 55.1 Å².